The molecule has 4 nitrogen and oxygen atoms in total. The third-order valence-electron chi connectivity index (χ3n) is 6.48. The van der Waals surface area contributed by atoms with Gasteiger partial charge in [-0.1, -0.05) is 65.7 Å². The quantitative estimate of drug-likeness (QED) is 0.326. The number of likely N-dealkylation sites (tertiary alicyclic amines) is 1. The maximum absolute atomic E-state index is 13.2. The molecule has 0 bridgehead atoms. The number of alkyl halides is 3. The van der Waals surface area contributed by atoms with E-state index in [1.807, 2.05) is 30.3 Å². The van der Waals surface area contributed by atoms with Gasteiger partial charge < -0.3 is 10.2 Å². The normalized spacial score (nSPS) is 14.9. The number of benzene rings is 3. The predicted molar refractivity (Wildman–Crippen MR) is 143 cm³/mol. The standard InChI is InChI=1S/C29H25Cl2F3N2O2/c30-24-14-22(15-25(31)16-24)28(38)35-18-19-10-12-36(13-11-19)27(37)17-26(20-4-2-1-3-5-20)21-6-8-23(9-7-21)29(32,33)34/h1-9,14-17,19H,10-13,18H2,(H,35,38). The Bertz CT molecular complexity index is 1300. The van der Waals surface area contributed by atoms with E-state index < -0.39 is 11.7 Å². The van der Waals surface area contributed by atoms with Gasteiger partial charge in [-0.2, -0.15) is 13.2 Å². The lowest BCUT2D eigenvalue weighted by Gasteiger charge is -2.31. The van der Waals surface area contributed by atoms with Crippen molar-refractivity contribution in [2.75, 3.05) is 19.6 Å². The molecule has 1 saturated heterocycles. The zero-order valence-electron chi connectivity index (χ0n) is 20.3. The van der Waals surface area contributed by atoms with Crippen molar-refractivity contribution in [1.29, 1.82) is 0 Å². The third kappa shape index (κ3) is 7.17. The number of halogens is 5. The highest BCUT2D eigenvalue weighted by atomic mass is 35.5. The number of amides is 2. The zero-order valence-corrected chi connectivity index (χ0v) is 21.8. The Morgan fingerprint density at radius 3 is 2.03 bits per heavy atom. The number of nitrogens with one attached hydrogen (secondary N) is 1. The SMILES string of the molecule is O=C(NCC1CCN(C(=O)C=C(c2ccccc2)c2ccc(C(F)(F)F)cc2)CC1)c1cc(Cl)cc(Cl)c1. The van der Waals surface area contributed by atoms with E-state index >= 15 is 0 Å². The first-order chi connectivity index (χ1) is 18.1. The van der Waals surface area contributed by atoms with Crippen molar-refractivity contribution in [2.45, 2.75) is 19.0 Å². The topological polar surface area (TPSA) is 49.4 Å². The van der Waals surface area contributed by atoms with Crippen LogP contribution in [0.2, 0.25) is 10.0 Å². The molecule has 3 aromatic carbocycles. The molecule has 0 unspecified atom stereocenters. The molecule has 0 saturated carbocycles. The van der Waals surface area contributed by atoms with Crippen molar-refractivity contribution in [3.05, 3.63) is 111 Å². The van der Waals surface area contributed by atoms with E-state index in [1.54, 1.807) is 23.1 Å². The second-order valence-corrected chi connectivity index (χ2v) is 10.0. The summed E-state index contributed by atoms with van der Waals surface area (Å²) in [6.07, 6.45) is -1.53. The minimum atomic E-state index is -4.43. The molecule has 0 aromatic heterocycles. The fourth-order valence-corrected chi connectivity index (χ4v) is 4.91. The highest BCUT2D eigenvalue weighted by Gasteiger charge is 2.30. The van der Waals surface area contributed by atoms with Gasteiger partial charge in [0.2, 0.25) is 5.91 Å². The molecule has 1 N–H and O–H groups in total. The first-order valence-corrected chi connectivity index (χ1v) is 12.8. The molecule has 1 aliphatic rings. The van der Waals surface area contributed by atoms with Crippen LogP contribution >= 0.6 is 23.2 Å². The van der Waals surface area contributed by atoms with E-state index in [-0.39, 0.29) is 17.7 Å². The smallest absolute Gasteiger partial charge is 0.352 e. The monoisotopic (exact) mass is 560 g/mol. The highest BCUT2D eigenvalue weighted by Crippen LogP contribution is 2.31. The zero-order chi connectivity index (χ0) is 27.3. The van der Waals surface area contributed by atoms with Crippen LogP contribution in [0.4, 0.5) is 13.2 Å². The van der Waals surface area contributed by atoms with Gasteiger partial charge in [0.05, 0.1) is 5.56 Å². The average molecular weight is 561 g/mol. The first kappa shape index (κ1) is 27.7. The molecule has 38 heavy (non-hydrogen) atoms. The van der Waals surface area contributed by atoms with Gasteiger partial charge in [0.1, 0.15) is 0 Å². The molecule has 0 spiro atoms. The number of nitrogens with zero attached hydrogens (tertiary/aromatic N) is 1. The highest BCUT2D eigenvalue weighted by molar-refractivity contribution is 6.35. The predicted octanol–water partition coefficient (Wildman–Crippen LogP) is 7.11. The lowest BCUT2D eigenvalue weighted by Crippen LogP contribution is -2.41. The van der Waals surface area contributed by atoms with Crippen LogP contribution in [-0.4, -0.2) is 36.3 Å². The van der Waals surface area contributed by atoms with Crippen LogP contribution in [0.5, 0.6) is 0 Å². The Hall–Kier alpha value is -3.29. The first-order valence-electron chi connectivity index (χ1n) is 12.1. The molecule has 0 aliphatic carbocycles. The Kier molecular flexibility index (Phi) is 8.80. The van der Waals surface area contributed by atoms with Gasteiger partial charge in [-0.25, -0.2) is 0 Å². The van der Waals surface area contributed by atoms with E-state index in [0.29, 0.717) is 59.2 Å². The number of hydrogen-bond donors (Lipinski definition) is 1. The van der Waals surface area contributed by atoms with Crippen molar-refractivity contribution in [1.82, 2.24) is 10.2 Å². The van der Waals surface area contributed by atoms with E-state index in [9.17, 15) is 22.8 Å². The largest absolute Gasteiger partial charge is 0.416 e. The van der Waals surface area contributed by atoms with Crippen LogP contribution < -0.4 is 5.32 Å². The number of rotatable bonds is 6. The molecule has 1 heterocycles. The van der Waals surface area contributed by atoms with E-state index in [4.69, 9.17) is 23.2 Å². The summed E-state index contributed by atoms with van der Waals surface area (Å²) in [5.74, 6) is -0.273. The number of hydrogen-bond acceptors (Lipinski definition) is 2. The van der Waals surface area contributed by atoms with Crippen molar-refractivity contribution < 1.29 is 22.8 Å². The maximum Gasteiger partial charge on any atom is 0.416 e. The number of carbonyl (C=O) groups excluding carboxylic acids is 2. The molecule has 1 fully saturated rings. The van der Waals surface area contributed by atoms with Crippen molar-refractivity contribution in [3.8, 4) is 0 Å². The molecular formula is C29H25Cl2F3N2O2. The van der Waals surface area contributed by atoms with Crippen molar-refractivity contribution in [2.24, 2.45) is 5.92 Å². The molecule has 4 rings (SSSR count). The molecule has 2 amide bonds. The second kappa shape index (κ2) is 12.0. The maximum atomic E-state index is 13.2. The molecule has 0 atom stereocenters. The molecule has 1 aliphatic heterocycles. The third-order valence-corrected chi connectivity index (χ3v) is 6.91. The Morgan fingerprint density at radius 2 is 1.45 bits per heavy atom. The van der Waals surface area contributed by atoms with Crippen LogP contribution in [0.25, 0.3) is 5.57 Å². The summed E-state index contributed by atoms with van der Waals surface area (Å²) in [7, 11) is 0. The summed E-state index contributed by atoms with van der Waals surface area (Å²) in [6, 6.07) is 18.6. The lowest BCUT2D eigenvalue weighted by atomic mass is 9.94. The summed E-state index contributed by atoms with van der Waals surface area (Å²) in [4.78, 5) is 27.4. The van der Waals surface area contributed by atoms with Gasteiger partial charge in [0, 0.05) is 41.3 Å². The molecular weight excluding hydrogens is 536 g/mol. The summed E-state index contributed by atoms with van der Waals surface area (Å²) in [5.41, 5.74) is 1.46. The van der Waals surface area contributed by atoms with Crippen LogP contribution in [-0.2, 0) is 11.0 Å². The lowest BCUT2D eigenvalue weighted by molar-refractivity contribution is -0.137. The van der Waals surface area contributed by atoms with E-state index in [2.05, 4.69) is 5.32 Å². The van der Waals surface area contributed by atoms with Crippen molar-refractivity contribution >= 4 is 40.6 Å². The van der Waals surface area contributed by atoms with Crippen LogP contribution in [0.1, 0.15) is 39.9 Å². The summed E-state index contributed by atoms with van der Waals surface area (Å²) >= 11 is 12.0. The van der Waals surface area contributed by atoms with Crippen LogP contribution in [0.3, 0.4) is 0 Å². The molecule has 9 heteroatoms. The number of piperidine rings is 1. The van der Waals surface area contributed by atoms with E-state index in [0.717, 1.165) is 17.7 Å². The van der Waals surface area contributed by atoms with Gasteiger partial charge in [-0.05, 0) is 65.8 Å². The Balaban J connectivity index is 1.40. The number of carbonyl (C=O) groups is 2. The van der Waals surface area contributed by atoms with Gasteiger partial charge in [-0.3, -0.25) is 9.59 Å². The van der Waals surface area contributed by atoms with Crippen LogP contribution in [0.15, 0.2) is 78.9 Å². The average Bonchev–Trinajstić information content (AvgIpc) is 2.90. The van der Waals surface area contributed by atoms with Gasteiger partial charge in [0.15, 0.2) is 0 Å². The summed E-state index contributed by atoms with van der Waals surface area (Å²) < 4.78 is 39.1. The fourth-order valence-electron chi connectivity index (χ4n) is 4.39. The van der Waals surface area contributed by atoms with E-state index in [1.165, 1.54) is 18.2 Å². The fraction of sp³-hybridized carbons (Fsp3) is 0.241. The minimum Gasteiger partial charge on any atom is -0.352 e. The molecule has 198 valence electrons. The molecule has 3 aromatic rings. The summed E-state index contributed by atoms with van der Waals surface area (Å²) in [6.45, 7) is 1.48. The van der Waals surface area contributed by atoms with Gasteiger partial charge >= 0.3 is 6.18 Å². The molecule has 0 radical (unpaired) electrons. The Labute approximate surface area is 229 Å². The minimum absolute atomic E-state index is 0.199. The van der Waals surface area contributed by atoms with Gasteiger partial charge in [0.25, 0.3) is 5.91 Å². The second-order valence-electron chi connectivity index (χ2n) is 9.14. The van der Waals surface area contributed by atoms with Crippen LogP contribution in [0, 0.1) is 5.92 Å². The Morgan fingerprint density at radius 1 is 0.868 bits per heavy atom. The summed E-state index contributed by atoms with van der Waals surface area (Å²) in [5, 5.41) is 3.67. The van der Waals surface area contributed by atoms with Gasteiger partial charge in [-0.15, -0.1) is 0 Å². The van der Waals surface area contributed by atoms with Crippen molar-refractivity contribution in [3.63, 3.8) is 0 Å².